The van der Waals surface area contributed by atoms with E-state index in [1.807, 2.05) is 11.3 Å². The lowest BCUT2D eigenvalue weighted by atomic mass is 10.2. The Balaban J connectivity index is 1.49. The molecule has 1 aliphatic heterocycles. The summed E-state index contributed by atoms with van der Waals surface area (Å²) in [7, 11) is 0. The van der Waals surface area contributed by atoms with Crippen molar-refractivity contribution in [3.05, 3.63) is 21.4 Å². The van der Waals surface area contributed by atoms with Crippen LogP contribution >= 0.6 is 11.3 Å². The average molecular weight is 279 g/mol. The van der Waals surface area contributed by atoms with E-state index in [4.69, 9.17) is 5.73 Å². The molecule has 106 valence electrons. The predicted octanol–water partition coefficient (Wildman–Crippen LogP) is 2.04. The molecule has 0 aromatic carbocycles. The number of hydrogen-bond acceptors (Lipinski definition) is 4. The van der Waals surface area contributed by atoms with E-state index in [9.17, 15) is 0 Å². The summed E-state index contributed by atoms with van der Waals surface area (Å²) in [5.41, 5.74) is 7.21. The second kappa shape index (κ2) is 5.92. The molecule has 3 rings (SSSR count). The van der Waals surface area contributed by atoms with Crippen LogP contribution in [-0.2, 0) is 13.1 Å². The smallest absolute Gasteiger partial charge is 0.0274 e. The van der Waals surface area contributed by atoms with Gasteiger partial charge < -0.3 is 10.6 Å². The molecule has 3 nitrogen and oxygen atoms in total. The highest BCUT2D eigenvalue weighted by Gasteiger charge is 2.26. The van der Waals surface area contributed by atoms with Crippen LogP contribution in [0.5, 0.6) is 0 Å². The van der Waals surface area contributed by atoms with Crippen LogP contribution in [0.1, 0.15) is 28.2 Å². The lowest BCUT2D eigenvalue weighted by Crippen LogP contribution is -2.46. The molecule has 0 amide bonds. The Hall–Kier alpha value is -0.420. The molecule has 2 aliphatic rings. The molecule has 19 heavy (non-hydrogen) atoms. The fourth-order valence-corrected chi connectivity index (χ4v) is 3.81. The number of nitrogens with zero attached hydrogens (tertiary/aromatic N) is 2. The zero-order valence-electron chi connectivity index (χ0n) is 11.9. The van der Waals surface area contributed by atoms with E-state index in [2.05, 4.69) is 22.8 Å². The minimum Gasteiger partial charge on any atom is -0.326 e. The maximum Gasteiger partial charge on any atom is 0.0274 e. The summed E-state index contributed by atoms with van der Waals surface area (Å²) in [4.78, 5) is 8.01. The Morgan fingerprint density at radius 3 is 2.47 bits per heavy atom. The summed E-state index contributed by atoms with van der Waals surface area (Å²) in [5.74, 6) is 1.03. The number of rotatable bonds is 5. The Kier molecular flexibility index (Phi) is 4.22. The quantitative estimate of drug-likeness (QED) is 0.895. The molecule has 2 fully saturated rings. The monoisotopic (exact) mass is 279 g/mol. The zero-order valence-corrected chi connectivity index (χ0v) is 12.7. The van der Waals surface area contributed by atoms with E-state index < -0.39 is 0 Å². The van der Waals surface area contributed by atoms with Crippen LogP contribution < -0.4 is 5.73 Å². The van der Waals surface area contributed by atoms with Gasteiger partial charge in [0.25, 0.3) is 0 Å². The first-order valence-corrected chi connectivity index (χ1v) is 8.29. The van der Waals surface area contributed by atoms with Gasteiger partial charge in [-0.1, -0.05) is 0 Å². The summed E-state index contributed by atoms with van der Waals surface area (Å²) >= 11 is 1.86. The second-order valence-electron chi connectivity index (χ2n) is 6.02. The van der Waals surface area contributed by atoms with Gasteiger partial charge in [0, 0.05) is 55.6 Å². The molecule has 0 bridgehead atoms. The van der Waals surface area contributed by atoms with Crippen molar-refractivity contribution in [2.24, 2.45) is 11.7 Å². The molecular weight excluding hydrogens is 254 g/mol. The molecule has 0 unspecified atom stereocenters. The van der Waals surface area contributed by atoms with E-state index in [1.54, 1.807) is 0 Å². The molecule has 2 heterocycles. The molecule has 1 saturated carbocycles. The van der Waals surface area contributed by atoms with Crippen molar-refractivity contribution in [1.82, 2.24) is 9.80 Å². The number of nitrogens with two attached hydrogens (primary N) is 1. The lowest BCUT2D eigenvalue weighted by molar-refractivity contribution is 0.123. The standard InChI is InChI=1S/C15H25N3S/c1-12-14(8-15(9-16)19-12)11-18-6-4-17(5-7-18)10-13-2-3-13/h8,13H,2-7,9-11,16H2,1H3. The summed E-state index contributed by atoms with van der Waals surface area (Å²) in [6.07, 6.45) is 2.94. The Morgan fingerprint density at radius 1 is 1.21 bits per heavy atom. The minimum absolute atomic E-state index is 0.681. The van der Waals surface area contributed by atoms with E-state index in [-0.39, 0.29) is 0 Å². The van der Waals surface area contributed by atoms with Crippen molar-refractivity contribution >= 4 is 11.3 Å². The van der Waals surface area contributed by atoms with Crippen molar-refractivity contribution in [2.45, 2.75) is 32.9 Å². The van der Waals surface area contributed by atoms with Crippen molar-refractivity contribution in [3.8, 4) is 0 Å². The number of thiophene rings is 1. The summed E-state index contributed by atoms with van der Waals surface area (Å²) < 4.78 is 0. The van der Waals surface area contributed by atoms with Crippen LogP contribution in [0.2, 0.25) is 0 Å². The van der Waals surface area contributed by atoms with E-state index >= 15 is 0 Å². The number of piperazine rings is 1. The van der Waals surface area contributed by atoms with E-state index in [0.717, 1.165) is 12.5 Å². The van der Waals surface area contributed by atoms with Crippen LogP contribution in [0.4, 0.5) is 0 Å². The maximum absolute atomic E-state index is 5.73. The van der Waals surface area contributed by atoms with Crippen LogP contribution in [0.25, 0.3) is 0 Å². The van der Waals surface area contributed by atoms with Gasteiger partial charge in [0.15, 0.2) is 0 Å². The average Bonchev–Trinajstić information content (AvgIpc) is 3.16. The fourth-order valence-electron chi connectivity index (χ4n) is 2.88. The van der Waals surface area contributed by atoms with Crippen molar-refractivity contribution in [3.63, 3.8) is 0 Å². The highest BCUT2D eigenvalue weighted by Crippen LogP contribution is 2.30. The highest BCUT2D eigenvalue weighted by molar-refractivity contribution is 7.12. The van der Waals surface area contributed by atoms with Gasteiger partial charge in [0.2, 0.25) is 0 Å². The van der Waals surface area contributed by atoms with Crippen LogP contribution in [-0.4, -0.2) is 42.5 Å². The summed E-state index contributed by atoms with van der Waals surface area (Å²) in [5, 5.41) is 0. The SMILES string of the molecule is Cc1sc(CN)cc1CN1CCN(CC2CC2)CC1. The van der Waals surface area contributed by atoms with Gasteiger partial charge in [0.05, 0.1) is 0 Å². The molecule has 0 radical (unpaired) electrons. The van der Waals surface area contributed by atoms with Crippen molar-refractivity contribution < 1.29 is 0 Å². The molecule has 1 aromatic rings. The summed E-state index contributed by atoms with van der Waals surface area (Å²) in [6, 6.07) is 2.30. The fraction of sp³-hybridized carbons (Fsp3) is 0.733. The van der Waals surface area contributed by atoms with E-state index in [1.165, 1.54) is 60.9 Å². The minimum atomic E-state index is 0.681. The molecule has 1 aliphatic carbocycles. The third-order valence-electron chi connectivity index (χ3n) is 4.34. The van der Waals surface area contributed by atoms with Gasteiger partial charge >= 0.3 is 0 Å². The first kappa shape index (κ1) is 13.6. The Morgan fingerprint density at radius 2 is 1.89 bits per heavy atom. The van der Waals surface area contributed by atoms with Gasteiger partial charge in [0.1, 0.15) is 0 Å². The first-order chi connectivity index (χ1) is 9.24. The molecular formula is C15H25N3S. The lowest BCUT2D eigenvalue weighted by Gasteiger charge is -2.34. The molecule has 0 atom stereocenters. The molecule has 1 aromatic heterocycles. The topological polar surface area (TPSA) is 32.5 Å². The molecule has 2 N–H and O–H groups in total. The zero-order chi connectivity index (χ0) is 13.2. The Labute approximate surface area is 120 Å². The van der Waals surface area contributed by atoms with Gasteiger partial charge in [-0.05, 0) is 37.3 Å². The van der Waals surface area contributed by atoms with Crippen LogP contribution in [0.15, 0.2) is 6.07 Å². The van der Waals surface area contributed by atoms with Gasteiger partial charge in [-0.2, -0.15) is 0 Å². The molecule has 0 spiro atoms. The van der Waals surface area contributed by atoms with Crippen LogP contribution in [0.3, 0.4) is 0 Å². The first-order valence-electron chi connectivity index (χ1n) is 7.47. The van der Waals surface area contributed by atoms with Gasteiger partial charge in [-0.15, -0.1) is 11.3 Å². The predicted molar refractivity (Wildman–Crippen MR) is 81.4 cm³/mol. The molecule has 4 heteroatoms. The Bertz CT molecular complexity index is 417. The normalized spacial score (nSPS) is 22.0. The van der Waals surface area contributed by atoms with Crippen LogP contribution in [0, 0.1) is 12.8 Å². The number of hydrogen-bond donors (Lipinski definition) is 1. The third kappa shape index (κ3) is 3.57. The highest BCUT2D eigenvalue weighted by atomic mass is 32.1. The van der Waals surface area contributed by atoms with Gasteiger partial charge in [-0.25, -0.2) is 0 Å². The molecule has 1 saturated heterocycles. The van der Waals surface area contributed by atoms with E-state index in [0.29, 0.717) is 6.54 Å². The maximum atomic E-state index is 5.73. The van der Waals surface area contributed by atoms with Crippen molar-refractivity contribution in [2.75, 3.05) is 32.7 Å². The van der Waals surface area contributed by atoms with Gasteiger partial charge in [-0.3, -0.25) is 4.90 Å². The number of aryl methyl sites for hydroxylation is 1. The third-order valence-corrected chi connectivity index (χ3v) is 5.46. The second-order valence-corrected chi connectivity index (χ2v) is 7.36. The van der Waals surface area contributed by atoms with Crippen molar-refractivity contribution in [1.29, 1.82) is 0 Å². The largest absolute Gasteiger partial charge is 0.326 e. The summed E-state index contributed by atoms with van der Waals surface area (Å²) in [6.45, 7) is 10.3.